The quantitative estimate of drug-likeness (QED) is 0.712. The van der Waals surface area contributed by atoms with Crippen LogP contribution < -0.4 is 4.74 Å². The van der Waals surface area contributed by atoms with E-state index in [1.165, 1.54) is 0 Å². The molecule has 0 saturated heterocycles. The molecular formula is C17H13ClN4OS. The molecule has 0 N–H and O–H groups in total. The lowest BCUT2D eigenvalue weighted by Crippen LogP contribution is -2.13. The summed E-state index contributed by atoms with van der Waals surface area (Å²) in [6.07, 6.45) is 0. The van der Waals surface area contributed by atoms with E-state index in [9.17, 15) is 0 Å². The molecule has 0 spiro atoms. The Bertz CT molecular complexity index is 921. The van der Waals surface area contributed by atoms with Crippen molar-refractivity contribution >= 4 is 29.1 Å². The minimum atomic E-state index is 0.660. The maximum absolute atomic E-state index is 6.09. The second-order valence-electron chi connectivity index (χ2n) is 5.19. The van der Waals surface area contributed by atoms with Crippen molar-refractivity contribution in [2.24, 2.45) is 5.10 Å². The van der Waals surface area contributed by atoms with Crippen molar-refractivity contribution in [3.05, 3.63) is 59.1 Å². The van der Waals surface area contributed by atoms with Gasteiger partial charge in [0.05, 0.1) is 12.8 Å². The number of hydrogen-bond acceptors (Lipinski definition) is 5. The first-order valence-corrected chi connectivity index (χ1v) is 8.67. The summed E-state index contributed by atoms with van der Waals surface area (Å²) in [5, 5.41) is 14.7. The summed E-state index contributed by atoms with van der Waals surface area (Å²) in [5.74, 6) is 2.26. The van der Waals surface area contributed by atoms with Gasteiger partial charge in [0.2, 0.25) is 5.16 Å². The molecule has 0 aliphatic carbocycles. The SMILES string of the molecule is COc1ccc(C2=Nn3c(nnc3-c3cccc(Cl)c3)SC2)cc1. The lowest BCUT2D eigenvalue weighted by molar-refractivity contribution is 0.415. The van der Waals surface area contributed by atoms with Gasteiger partial charge in [0.25, 0.3) is 0 Å². The van der Waals surface area contributed by atoms with Gasteiger partial charge in [-0.05, 0) is 42.0 Å². The standard InChI is InChI=1S/C17H13ClN4OS/c1-23-14-7-5-11(6-8-14)15-10-24-17-20-19-16(22(17)21-15)12-3-2-4-13(18)9-12/h2-9H,10H2,1H3. The molecular weight excluding hydrogens is 344 g/mol. The summed E-state index contributed by atoms with van der Waals surface area (Å²) in [6.45, 7) is 0. The Kier molecular flexibility index (Phi) is 4.00. The van der Waals surface area contributed by atoms with Gasteiger partial charge in [-0.15, -0.1) is 10.2 Å². The smallest absolute Gasteiger partial charge is 0.212 e. The Labute approximate surface area is 148 Å². The highest BCUT2D eigenvalue weighted by atomic mass is 35.5. The fourth-order valence-corrected chi connectivity index (χ4v) is 3.49. The summed E-state index contributed by atoms with van der Waals surface area (Å²) in [6, 6.07) is 15.4. The Morgan fingerprint density at radius 2 is 1.92 bits per heavy atom. The van der Waals surface area contributed by atoms with Crippen molar-refractivity contribution in [2.45, 2.75) is 5.16 Å². The molecule has 3 aromatic rings. The monoisotopic (exact) mass is 356 g/mol. The van der Waals surface area contributed by atoms with E-state index in [1.807, 2.05) is 48.5 Å². The highest BCUT2D eigenvalue weighted by Gasteiger charge is 2.20. The van der Waals surface area contributed by atoms with Crippen molar-refractivity contribution in [2.75, 3.05) is 12.9 Å². The predicted octanol–water partition coefficient (Wildman–Crippen LogP) is 3.97. The topological polar surface area (TPSA) is 52.3 Å². The molecule has 5 nitrogen and oxygen atoms in total. The molecule has 0 fully saturated rings. The third-order valence-electron chi connectivity index (χ3n) is 3.68. The van der Waals surface area contributed by atoms with Crippen LogP contribution in [0.2, 0.25) is 5.02 Å². The lowest BCUT2D eigenvalue weighted by atomic mass is 10.1. The maximum atomic E-state index is 6.09. The largest absolute Gasteiger partial charge is 0.497 e. The highest BCUT2D eigenvalue weighted by Crippen LogP contribution is 2.29. The van der Waals surface area contributed by atoms with Gasteiger partial charge in [-0.3, -0.25) is 0 Å². The van der Waals surface area contributed by atoms with E-state index in [0.29, 0.717) is 10.8 Å². The van der Waals surface area contributed by atoms with E-state index >= 15 is 0 Å². The molecule has 0 amide bonds. The summed E-state index contributed by atoms with van der Waals surface area (Å²) in [4.78, 5) is 0. The van der Waals surface area contributed by atoms with Crippen molar-refractivity contribution in [3.8, 4) is 17.1 Å². The van der Waals surface area contributed by atoms with Gasteiger partial charge in [0.1, 0.15) is 5.75 Å². The molecule has 1 aromatic heterocycles. The number of methoxy groups -OCH3 is 1. The van der Waals surface area contributed by atoms with Crippen molar-refractivity contribution in [1.29, 1.82) is 0 Å². The molecule has 1 aliphatic heterocycles. The molecule has 120 valence electrons. The first kappa shape index (κ1) is 15.2. The van der Waals surface area contributed by atoms with Crippen LogP contribution in [0.1, 0.15) is 5.56 Å². The number of fused-ring (bicyclic) bond motifs is 1. The van der Waals surface area contributed by atoms with Crippen LogP contribution in [0.5, 0.6) is 5.75 Å². The van der Waals surface area contributed by atoms with Gasteiger partial charge in [0, 0.05) is 16.3 Å². The number of hydrogen-bond donors (Lipinski definition) is 0. The van der Waals surface area contributed by atoms with E-state index in [-0.39, 0.29) is 0 Å². The van der Waals surface area contributed by atoms with Crippen LogP contribution >= 0.6 is 23.4 Å². The molecule has 0 atom stereocenters. The Morgan fingerprint density at radius 3 is 2.67 bits per heavy atom. The molecule has 0 radical (unpaired) electrons. The molecule has 0 saturated carbocycles. The van der Waals surface area contributed by atoms with Crippen LogP contribution in [0, 0.1) is 0 Å². The maximum Gasteiger partial charge on any atom is 0.212 e. The number of halogens is 1. The number of rotatable bonds is 3. The van der Waals surface area contributed by atoms with E-state index < -0.39 is 0 Å². The minimum absolute atomic E-state index is 0.660. The molecule has 0 unspecified atom stereocenters. The number of nitrogens with zero attached hydrogens (tertiary/aromatic N) is 4. The van der Waals surface area contributed by atoms with Crippen LogP contribution in [0.4, 0.5) is 0 Å². The van der Waals surface area contributed by atoms with Crippen molar-refractivity contribution in [1.82, 2.24) is 14.9 Å². The van der Waals surface area contributed by atoms with Gasteiger partial charge in [-0.1, -0.05) is 35.5 Å². The predicted molar refractivity (Wildman–Crippen MR) is 96.1 cm³/mol. The minimum Gasteiger partial charge on any atom is -0.497 e. The normalized spacial score (nSPS) is 13.3. The Hall–Kier alpha value is -2.31. The molecule has 4 rings (SSSR count). The Morgan fingerprint density at radius 1 is 1.08 bits per heavy atom. The van der Waals surface area contributed by atoms with E-state index in [4.69, 9.17) is 21.4 Å². The van der Waals surface area contributed by atoms with Gasteiger partial charge >= 0.3 is 0 Å². The molecule has 7 heteroatoms. The third kappa shape index (κ3) is 2.79. The number of ether oxygens (including phenoxy) is 1. The van der Waals surface area contributed by atoms with E-state index in [2.05, 4.69) is 10.2 Å². The Balaban J connectivity index is 1.75. The summed E-state index contributed by atoms with van der Waals surface area (Å²) < 4.78 is 6.98. The van der Waals surface area contributed by atoms with Crippen LogP contribution in [0.15, 0.2) is 58.8 Å². The third-order valence-corrected chi connectivity index (χ3v) is 4.84. The van der Waals surface area contributed by atoms with Crippen LogP contribution in [-0.4, -0.2) is 33.4 Å². The number of thioether (sulfide) groups is 1. The molecule has 24 heavy (non-hydrogen) atoms. The van der Waals surface area contributed by atoms with Crippen LogP contribution in [-0.2, 0) is 0 Å². The van der Waals surface area contributed by atoms with Crippen molar-refractivity contribution < 1.29 is 4.74 Å². The first-order valence-electron chi connectivity index (χ1n) is 7.31. The number of aromatic nitrogens is 3. The van der Waals surface area contributed by atoms with Gasteiger partial charge < -0.3 is 4.74 Å². The van der Waals surface area contributed by atoms with Crippen LogP contribution in [0.25, 0.3) is 11.4 Å². The average molecular weight is 357 g/mol. The molecule has 1 aliphatic rings. The summed E-state index contributed by atoms with van der Waals surface area (Å²) in [5.41, 5.74) is 2.92. The molecule has 0 bridgehead atoms. The lowest BCUT2D eigenvalue weighted by Gasteiger charge is -2.14. The second-order valence-corrected chi connectivity index (χ2v) is 6.57. The van der Waals surface area contributed by atoms with Gasteiger partial charge in [-0.25, -0.2) is 0 Å². The van der Waals surface area contributed by atoms with Gasteiger partial charge in [0.15, 0.2) is 5.82 Å². The molecule has 2 aromatic carbocycles. The number of benzene rings is 2. The zero-order valence-corrected chi connectivity index (χ0v) is 14.4. The zero-order chi connectivity index (χ0) is 16.5. The zero-order valence-electron chi connectivity index (χ0n) is 12.8. The van der Waals surface area contributed by atoms with Crippen molar-refractivity contribution in [3.63, 3.8) is 0 Å². The van der Waals surface area contributed by atoms with E-state index in [0.717, 1.165) is 33.5 Å². The fourth-order valence-electron chi connectivity index (χ4n) is 2.46. The van der Waals surface area contributed by atoms with Gasteiger partial charge in [-0.2, -0.15) is 9.78 Å². The summed E-state index contributed by atoms with van der Waals surface area (Å²) in [7, 11) is 1.66. The summed E-state index contributed by atoms with van der Waals surface area (Å²) >= 11 is 7.70. The average Bonchev–Trinajstić information content (AvgIpc) is 3.05. The molecule has 2 heterocycles. The van der Waals surface area contributed by atoms with Crippen LogP contribution in [0.3, 0.4) is 0 Å². The second kappa shape index (κ2) is 6.30. The first-order chi connectivity index (χ1) is 11.7. The van der Waals surface area contributed by atoms with E-state index in [1.54, 1.807) is 23.5 Å². The fraction of sp³-hybridized carbons (Fsp3) is 0.118. The highest BCUT2D eigenvalue weighted by molar-refractivity contribution is 7.99.